The molecule has 0 saturated heterocycles. The SMILES string of the molecule is CNCCNC(=O)c1ccc(OCC(F)(F)C(F)F)nc1.Cl. The molecule has 126 valence electrons. The maximum Gasteiger partial charge on any atom is 0.340 e. The normalized spacial score (nSPS) is 11.0. The Kier molecular flexibility index (Phi) is 8.73. The summed E-state index contributed by atoms with van der Waals surface area (Å²) in [5.41, 5.74) is 0.207. The Bertz CT molecular complexity index is 460. The van der Waals surface area contributed by atoms with Crippen molar-refractivity contribution in [2.75, 3.05) is 26.7 Å². The van der Waals surface area contributed by atoms with E-state index in [-0.39, 0.29) is 29.8 Å². The van der Waals surface area contributed by atoms with E-state index in [1.54, 1.807) is 7.05 Å². The lowest BCUT2D eigenvalue weighted by Crippen LogP contribution is -2.34. The van der Waals surface area contributed by atoms with E-state index in [4.69, 9.17) is 0 Å². The smallest absolute Gasteiger partial charge is 0.340 e. The van der Waals surface area contributed by atoms with E-state index in [0.29, 0.717) is 13.1 Å². The van der Waals surface area contributed by atoms with Gasteiger partial charge in [-0.1, -0.05) is 0 Å². The van der Waals surface area contributed by atoms with Crippen LogP contribution in [-0.4, -0.2) is 50.0 Å². The number of carbonyl (C=O) groups excluding carboxylic acids is 1. The zero-order chi connectivity index (χ0) is 15.9. The van der Waals surface area contributed by atoms with Crippen LogP contribution < -0.4 is 15.4 Å². The third kappa shape index (κ3) is 6.44. The average molecular weight is 346 g/mol. The van der Waals surface area contributed by atoms with Crippen LogP contribution in [0.1, 0.15) is 10.4 Å². The monoisotopic (exact) mass is 345 g/mol. The molecule has 22 heavy (non-hydrogen) atoms. The lowest BCUT2D eigenvalue weighted by Gasteiger charge is -2.15. The van der Waals surface area contributed by atoms with Crippen molar-refractivity contribution in [1.29, 1.82) is 0 Å². The number of pyridine rings is 1. The molecular formula is C12H16ClF4N3O2. The highest BCUT2D eigenvalue weighted by Crippen LogP contribution is 2.23. The molecule has 1 rings (SSSR count). The van der Waals surface area contributed by atoms with Crippen molar-refractivity contribution in [2.45, 2.75) is 12.3 Å². The van der Waals surface area contributed by atoms with Gasteiger partial charge < -0.3 is 15.4 Å². The second-order valence-electron chi connectivity index (χ2n) is 4.09. The van der Waals surface area contributed by atoms with Gasteiger partial charge in [0.25, 0.3) is 5.91 Å². The Morgan fingerprint density at radius 3 is 2.55 bits per heavy atom. The number of aromatic nitrogens is 1. The van der Waals surface area contributed by atoms with Gasteiger partial charge in [0.1, 0.15) is 0 Å². The lowest BCUT2D eigenvalue weighted by molar-refractivity contribution is -0.148. The number of hydrogen-bond donors (Lipinski definition) is 2. The fourth-order valence-corrected chi connectivity index (χ4v) is 1.24. The van der Waals surface area contributed by atoms with E-state index >= 15 is 0 Å². The van der Waals surface area contributed by atoms with E-state index in [0.717, 1.165) is 12.3 Å². The van der Waals surface area contributed by atoms with Gasteiger partial charge in [0.05, 0.1) is 5.56 Å². The summed E-state index contributed by atoms with van der Waals surface area (Å²) >= 11 is 0. The summed E-state index contributed by atoms with van der Waals surface area (Å²) in [5, 5.41) is 5.43. The van der Waals surface area contributed by atoms with Crippen molar-refractivity contribution < 1.29 is 27.1 Å². The highest BCUT2D eigenvalue weighted by molar-refractivity contribution is 5.93. The molecule has 10 heteroatoms. The molecule has 0 aromatic carbocycles. The molecule has 0 aliphatic rings. The number of hydrogen-bond acceptors (Lipinski definition) is 4. The summed E-state index contributed by atoms with van der Waals surface area (Å²) in [6.45, 7) is -0.483. The minimum absolute atomic E-state index is 0. The maximum absolute atomic E-state index is 12.6. The molecule has 0 spiro atoms. The van der Waals surface area contributed by atoms with Crippen LogP contribution >= 0.6 is 12.4 Å². The van der Waals surface area contributed by atoms with Gasteiger partial charge >= 0.3 is 12.3 Å². The number of halogens is 5. The zero-order valence-corrected chi connectivity index (χ0v) is 12.4. The van der Waals surface area contributed by atoms with Crippen molar-refractivity contribution in [3.8, 4) is 5.88 Å². The van der Waals surface area contributed by atoms with Crippen molar-refractivity contribution in [3.05, 3.63) is 23.9 Å². The van der Waals surface area contributed by atoms with Crippen molar-refractivity contribution in [3.63, 3.8) is 0 Å². The molecule has 1 aromatic rings. The van der Waals surface area contributed by atoms with Gasteiger partial charge in [-0.05, 0) is 13.1 Å². The molecule has 0 aliphatic heterocycles. The largest absolute Gasteiger partial charge is 0.471 e. The molecule has 1 aromatic heterocycles. The third-order valence-electron chi connectivity index (χ3n) is 2.39. The Balaban J connectivity index is 0.00000441. The molecule has 0 bridgehead atoms. The Labute approximate surface area is 130 Å². The summed E-state index contributed by atoms with van der Waals surface area (Å²) in [7, 11) is 1.73. The van der Waals surface area contributed by atoms with E-state index in [2.05, 4.69) is 20.4 Å². The standard InChI is InChI=1S/C12H15F4N3O2.ClH/c1-17-4-5-18-10(20)8-2-3-9(19-6-8)21-7-12(15,16)11(13)14;/h2-3,6,11,17H,4-5,7H2,1H3,(H,18,20);1H. The van der Waals surface area contributed by atoms with Crippen molar-refractivity contribution in [1.82, 2.24) is 15.6 Å². The van der Waals surface area contributed by atoms with Gasteiger partial charge in [-0.15, -0.1) is 12.4 Å². The fraction of sp³-hybridized carbons (Fsp3) is 0.500. The molecule has 5 nitrogen and oxygen atoms in total. The number of ether oxygens (including phenoxy) is 1. The van der Waals surface area contributed by atoms with E-state index in [1.165, 1.54) is 6.07 Å². The number of alkyl halides is 4. The maximum atomic E-state index is 12.6. The van der Waals surface area contributed by atoms with E-state index in [1.807, 2.05) is 0 Å². The first kappa shape index (κ1) is 20.4. The lowest BCUT2D eigenvalue weighted by atomic mass is 10.2. The van der Waals surface area contributed by atoms with Gasteiger partial charge in [-0.3, -0.25) is 4.79 Å². The first-order chi connectivity index (χ1) is 9.86. The quantitative estimate of drug-likeness (QED) is 0.556. The molecule has 2 N–H and O–H groups in total. The van der Waals surface area contributed by atoms with Crippen molar-refractivity contribution >= 4 is 18.3 Å². The van der Waals surface area contributed by atoms with Gasteiger partial charge in [-0.2, -0.15) is 8.78 Å². The van der Waals surface area contributed by atoms with Crippen LogP contribution in [0.4, 0.5) is 17.6 Å². The Morgan fingerprint density at radius 2 is 2.05 bits per heavy atom. The molecule has 0 saturated carbocycles. The summed E-state index contributed by atoms with van der Waals surface area (Å²) < 4.78 is 53.6. The number of amides is 1. The predicted octanol–water partition coefficient (Wildman–Crippen LogP) is 1.73. The minimum atomic E-state index is -4.25. The number of carbonyl (C=O) groups is 1. The fourth-order valence-electron chi connectivity index (χ4n) is 1.24. The number of nitrogens with one attached hydrogen (secondary N) is 2. The van der Waals surface area contributed by atoms with Crippen molar-refractivity contribution in [2.24, 2.45) is 0 Å². The van der Waals surface area contributed by atoms with Gasteiger partial charge in [0.15, 0.2) is 6.61 Å². The Morgan fingerprint density at radius 1 is 1.36 bits per heavy atom. The third-order valence-corrected chi connectivity index (χ3v) is 2.39. The molecule has 1 amide bonds. The molecule has 0 fully saturated rings. The van der Waals surface area contributed by atoms with E-state index in [9.17, 15) is 22.4 Å². The first-order valence-corrected chi connectivity index (χ1v) is 6.04. The zero-order valence-electron chi connectivity index (χ0n) is 11.6. The van der Waals surface area contributed by atoms with Crippen LogP contribution in [0.2, 0.25) is 0 Å². The Hall–Kier alpha value is -1.61. The molecule has 0 radical (unpaired) electrons. The minimum Gasteiger partial charge on any atom is -0.471 e. The van der Waals surface area contributed by atoms with E-state index < -0.39 is 19.0 Å². The van der Waals surface area contributed by atoms with Gasteiger partial charge in [0, 0.05) is 25.4 Å². The van der Waals surface area contributed by atoms with Crippen LogP contribution in [0.3, 0.4) is 0 Å². The summed E-state index contributed by atoms with van der Waals surface area (Å²) in [6, 6.07) is 2.46. The molecule has 1 heterocycles. The number of likely N-dealkylation sites (N-methyl/N-ethyl adjacent to an activating group) is 1. The van der Waals surface area contributed by atoms with Gasteiger partial charge in [0.2, 0.25) is 5.88 Å². The first-order valence-electron chi connectivity index (χ1n) is 6.04. The summed E-state index contributed by atoms with van der Waals surface area (Å²) in [5.74, 6) is -4.89. The molecule has 0 atom stereocenters. The van der Waals surface area contributed by atoms with Crippen LogP contribution in [0, 0.1) is 0 Å². The molecular weight excluding hydrogens is 330 g/mol. The molecule has 0 unspecified atom stereocenters. The topological polar surface area (TPSA) is 63.2 Å². The number of rotatable bonds is 8. The average Bonchev–Trinajstić information content (AvgIpc) is 2.45. The van der Waals surface area contributed by atoms with Crippen LogP contribution in [-0.2, 0) is 0 Å². The number of nitrogens with zero attached hydrogens (tertiary/aromatic N) is 1. The van der Waals surface area contributed by atoms with Gasteiger partial charge in [-0.25, -0.2) is 13.8 Å². The highest BCUT2D eigenvalue weighted by atomic mass is 35.5. The predicted molar refractivity (Wildman–Crippen MR) is 74.2 cm³/mol. The molecule has 0 aliphatic carbocycles. The van der Waals surface area contributed by atoms with Crippen LogP contribution in [0.15, 0.2) is 18.3 Å². The second-order valence-corrected chi connectivity index (χ2v) is 4.09. The second kappa shape index (κ2) is 9.42. The van der Waals surface area contributed by atoms with Crippen LogP contribution in [0.25, 0.3) is 0 Å². The van der Waals surface area contributed by atoms with Crippen LogP contribution in [0.5, 0.6) is 5.88 Å². The summed E-state index contributed by atoms with van der Waals surface area (Å²) in [6.07, 6.45) is -2.69. The summed E-state index contributed by atoms with van der Waals surface area (Å²) in [4.78, 5) is 15.2. The highest BCUT2D eigenvalue weighted by Gasteiger charge is 2.41.